The number of nitrogens with zero attached hydrogens (tertiary/aromatic N) is 2. The van der Waals surface area contributed by atoms with Gasteiger partial charge in [0.15, 0.2) is 6.29 Å². The SMILES string of the molecule is C=C/C(COc1cc(OCc2cncc(C#N)c2)c(C=O)c2c1CCC2)=C(C)\C(Br)=C/C. The average molecular weight is 493 g/mol. The van der Waals surface area contributed by atoms with Gasteiger partial charge in [-0.15, -0.1) is 0 Å². The van der Waals surface area contributed by atoms with Gasteiger partial charge in [0, 0.05) is 28.5 Å². The van der Waals surface area contributed by atoms with Crippen LogP contribution in [-0.2, 0) is 19.4 Å². The number of rotatable bonds is 9. The van der Waals surface area contributed by atoms with E-state index in [0.29, 0.717) is 23.5 Å². The van der Waals surface area contributed by atoms with Gasteiger partial charge < -0.3 is 9.47 Å². The summed E-state index contributed by atoms with van der Waals surface area (Å²) >= 11 is 3.56. The quantitative estimate of drug-likeness (QED) is 0.316. The second-order valence-electron chi connectivity index (χ2n) is 7.48. The van der Waals surface area contributed by atoms with E-state index < -0.39 is 0 Å². The van der Waals surface area contributed by atoms with Crippen LogP contribution < -0.4 is 9.47 Å². The van der Waals surface area contributed by atoms with Crippen LogP contribution in [0.2, 0.25) is 0 Å². The predicted molar refractivity (Wildman–Crippen MR) is 128 cm³/mol. The zero-order valence-corrected chi connectivity index (χ0v) is 19.9. The highest BCUT2D eigenvalue weighted by Crippen LogP contribution is 2.39. The normalized spacial score (nSPS) is 13.6. The van der Waals surface area contributed by atoms with E-state index in [1.54, 1.807) is 24.4 Å². The molecule has 0 radical (unpaired) electrons. The number of aromatic nitrogens is 1. The molecule has 0 bridgehead atoms. The predicted octanol–water partition coefficient (Wildman–Crippen LogP) is 6.01. The van der Waals surface area contributed by atoms with E-state index in [-0.39, 0.29) is 6.61 Å². The highest BCUT2D eigenvalue weighted by atomic mass is 79.9. The summed E-state index contributed by atoms with van der Waals surface area (Å²) < 4.78 is 13.2. The molecule has 1 aliphatic carbocycles. The van der Waals surface area contributed by atoms with Crippen LogP contribution in [0.25, 0.3) is 0 Å². The molecule has 32 heavy (non-hydrogen) atoms. The number of allylic oxidation sites excluding steroid dienone is 3. The molecular weight excluding hydrogens is 468 g/mol. The standard InChI is InChI=1S/C26H25BrN2O3/c1-4-20(17(3)24(27)5-2)16-32-25-10-26(23(14-30)21-7-6-8-22(21)25)31-15-19-9-18(11-28)12-29-13-19/h4-5,9-10,12-14H,1,6-8,15-16H2,2-3H3/b20-17+,24-5+. The summed E-state index contributed by atoms with van der Waals surface area (Å²) in [7, 11) is 0. The zero-order valence-electron chi connectivity index (χ0n) is 18.3. The maximum atomic E-state index is 11.9. The molecule has 6 heteroatoms. The van der Waals surface area contributed by atoms with Gasteiger partial charge >= 0.3 is 0 Å². The van der Waals surface area contributed by atoms with Crippen molar-refractivity contribution in [1.29, 1.82) is 5.26 Å². The fourth-order valence-electron chi connectivity index (χ4n) is 3.76. The topological polar surface area (TPSA) is 72.2 Å². The highest BCUT2D eigenvalue weighted by Gasteiger charge is 2.24. The van der Waals surface area contributed by atoms with Crippen LogP contribution in [0.1, 0.15) is 52.9 Å². The third-order valence-corrected chi connectivity index (χ3v) is 6.58. The van der Waals surface area contributed by atoms with Gasteiger partial charge in [-0.05, 0) is 61.4 Å². The van der Waals surface area contributed by atoms with Crippen LogP contribution in [-0.4, -0.2) is 17.9 Å². The second-order valence-corrected chi connectivity index (χ2v) is 8.33. The molecule has 0 amide bonds. The molecule has 0 N–H and O–H groups in total. The van der Waals surface area contributed by atoms with E-state index in [2.05, 4.69) is 33.6 Å². The van der Waals surface area contributed by atoms with Crippen molar-refractivity contribution < 1.29 is 14.3 Å². The minimum Gasteiger partial charge on any atom is -0.488 e. The molecule has 0 aliphatic heterocycles. The summed E-state index contributed by atoms with van der Waals surface area (Å²) in [5, 5.41) is 9.07. The van der Waals surface area contributed by atoms with Gasteiger partial charge in [-0.1, -0.05) is 34.7 Å². The van der Waals surface area contributed by atoms with Crippen molar-refractivity contribution in [2.24, 2.45) is 0 Å². The van der Waals surface area contributed by atoms with Gasteiger partial charge in [0.1, 0.15) is 30.8 Å². The lowest BCUT2D eigenvalue weighted by Gasteiger charge is -2.18. The first kappa shape index (κ1) is 23.5. The Morgan fingerprint density at radius 3 is 2.72 bits per heavy atom. The fraction of sp³-hybridized carbons (Fsp3) is 0.269. The van der Waals surface area contributed by atoms with Gasteiger partial charge in [-0.3, -0.25) is 9.78 Å². The number of ether oxygens (including phenoxy) is 2. The Bertz CT molecular complexity index is 1140. The van der Waals surface area contributed by atoms with Crippen LogP contribution in [0.5, 0.6) is 11.5 Å². The van der Waals surface area contributed by atoms with Crippen molar-refractivity contribution in [1.82, 2.24) is 4.98 Å². The highest BCUT2D eigenvalue weighted by molar-refractivity contribution is 9.12. The van der Waals surface area contributed by atoms with E-state index in [0.717, 1.165) is 63.6 Å². The number of pyridine rings is 1. The molecule has 2 aromatic rings. The maximum absolute atomic E-state index is 11.9. The summed E-state index contributed by atoms with van der Waals surface area (Å²) in [6.07, 6.45) is 10.4. The molecule has 5 nitrogen and oxygen atoms in total. The van der Waals surface area contributed by atoms with Crippen LogP contribution in [0, 0.1) is 11.3 Å². The lowest BCUT2D eigenvalue weighted by molar-refractivity contribution is 0.111. The van der Waals surface area contributed by atoms with Crippen LogP contribution >= 0.6 is 15.9 Å². The number of hydrogen-bond acceptors (Lipinski definition) is 5. The van der Waals surface area contributed by atoms with Crippen LogP contribution in [0.4, 0.5) is 0 Å². The first-order valence-corrected chi connectivity index (χ1v) is 11.2. The number of hydrogen-bond donors (Lipinski definition) is 0. The van der Waals surface area contributed by atoms with E-state index in [1.807, 2.05) is 19.9 Å². The molecule has 1 aromatic heterocycles. The van der Waals surface area contributed by atoms with Crippen molar-refractivity contribution in [2.45, 2.75) is 39.7 Å². The summed E-state index contributed by atoms with van der Waals surface area (Å²) in [4.78, 5) is 16.0. The Morgan fingerprint density at radius 1 is 1.25 bits per heavy atom. The number of carbonyl (C=O) groups excluding carboxylic acids is 1. The number of nitriles is 1. The minimum atomic E-state index is 0.201. The van der Waals surface area contributed by atoms with E-state index in [1.165, 1.54) is 6.20 Å². The maximum Gasteiger partial charge on any atom is 0.154 e. The second kappa shape index (κ2) is 10.9. The molecule has 1 aromatic carbocycles. The molecule has 0 fully saturated rings. The average Bonchev–Trinajstić information content (AvgIpc) is 3.32. The van der Waals surface area contributed by atoms with Gasteiger partial charge in [0.25, 0.3) is 0 Å². The molecule has 1 aliphatic rings. The van der Waals surface area contributed by atoms with Crippen LogP contribution in [0.15, 0.2) is 58.9 Å². The Hall–Kier alpha value is -3.17. The van der Waals surface area contributed by atoms with Crippen LogP contribution in [0.3, 0.4) is 0 Å². The third kappa shape index (κ3) is 5.17. The Balaban J connectivity index is 1.90. The first-order valence-electron chi connectivity index (χ1n) is 10.4. The van der Waals surface area contributed by atoms with Crippen molar-refractivity contribution in [3.8, 4) is 17.6 Å². The minimum absolute atomic E-state index is 0.201. The largest absolute Gasteiger partial charge is 0.488 e. The molecular formula is C26H25BrN2O3. The fourth-order valence-corrected chi connectivity index (χ4v) is 4.01. The van der Waals surface area contributed by atoms with Crippen molar-refractivity contribution >= 4 is 22.2 Å². The summed E-state index contributed by atoms with van der Waals surface area (Å²) in [5.41, 5.74) is 5.89. The van der Waals surface area contributed by atoms with Crippen molar-refractivity contribution in [2.75, 3.05) is 6.61 Å². The monoisotopic (exact) mass is 492 g/mol. The van der Waals surface area contributed by atoms with Gasteiger partial charge in [-0.25, -0.2) is 0 Å². The van der Waals surface area contributed by atoms with Crippen molar-refractivity contribution in [3.63, 3.8) is 0 Å². The van der Waals surface area contributed by atoms with E-state index >= 15 is 0 Å². The van der Waals surface area contributed by atoms with E-state index in [4.69, 9.17) is 14.7 Å². The number of halogens is 1. The molecule has 0 spiro atoms. The van der Waals surface area contributed by atoms with Gasteiger partial charge in [-0.2, -0.15) is 5.26 Å². The summed E-state index contributed by atoms with van der Waals surface area (Å²) in [6, 6.07) is 5.60. The lowest BCUT2D eigenvalue weighted by Crippen LogP contribution is -2.07. The summed E-state index contributed by atoms with van der Waals surface area (Å²) in [6.45, 7) is 8.46. The number of carbonyl (C=O) groups is 1. The zero-order chi connectivity index (χ0) is 23.1. The van der Waals surface area contributed by atoms with E-state index in [9.17, 15) is 4.79 Å². The number of aldehydes is 1. The molecule has 0 atom stereocenters. The van der Waals surface area contributed by atoms with Gasteiger partial charge in [0.05, 0.1) is 11.1 Å². The molecule has 1 heterocycles. The molecule has 0 saturated carbocycles. The first-order chi connectivity index (χ1) is 15.5. The number of fused-ring (bicyclic) bond motifs is 1. The lowest BCUT2D eigenvalue weighted by atomic mass is 10.0. The molecule has 0 saturated heterocycles. The van der Waals surface area contributed by atoms with Gasteiger partial charge in [0.2, 0.25) is 0 Å². The molecule has 164 valence electrons. The smallest absolute Gasteiger partial charge is 0.154 e. The van der Waals surface area contributed by atoms with Crippen molar-refractivity contribution in [3.05, 3.63) is 86.7 Å². The Morgan fingerprint density at radius 2 is 2.03 bits per heavy atom. The number of benzene rings is 1. The Kier molecular flexibility index (Phi) is 8.02. The third-order valence-electron chi connectivity index (χ3n) is 5.53. The Labute approximate surface area is 197 Å². The molecule has 3 rings (SSSR count). The molecule has 0 unspecified atom stereocenters. The summed E-state index contributed by atoms with van der Waals surface area (Å²) in [5.74, 6) is 1.21.